The van der Waals surface area contributed by atoms with Gasteiger partial charge in [-0.25, -0.2) is 4.79 Å². The van der Waals surface area contributed by atoms with Gasteiger partial charge < -0.3 is 9.15 Å². The van der Waals surface area contributed by atoms with Gasteiger partial charge in [0.2, 0.25) is 0 Å². The fraction of sp³-hybridized carbons (Fsp3) is 0. The van der Waals surface area contributed by atoms with Crippen LogP contribution in [0.3, 0.4) is 0 Å². The molecule has 0 bridgehead atoms. The number of ether oxygens (including phenoxy) is 1. The molecule has 0 fully saturated rings. The largest absolute Gasteiger partial charge is 0.430 e. The first kappa shape index (κ1) is 13.7. The molecule has 0 amide bonds. The molecule has 2 heterocycles. The first-order valence-corrected chi connectivity index (χ1v) is 7.70. The van der Waals surface area contributed by atoms with Crippen LogP contribution in [0.2, 0.25) is 0 Å². The Balaban J connectivity index is 1.63. The maximum atomic E-state index is 11.3. The minimum Gasteiger partial charge on any atom is -0.430 e. The third-order valence-corrected chi connectivity index (χ3v) is 4.08. The van der Waals surface area contributed by atoms with Crippen molar-refractivity contribution in [3.8, 4) is 21.5 Å². The molecule has 0 aliphatic carbocycles. The van der Waals surface area contributed by atoms with Gasteiger partial charge in [-0.05, 0) is 18.2 Å². The first-order valence-electron chi connectivity index (χ1n) is 6.89. The third kappa shape index (κ3) is 2.84. The maximum Gasteiger partial charge on any atom is 0.336 e. The Morgan fingerprint density at radius 1 is 0.957 bits per heavy atom. The predicted molar refractivity (Wildman–Crippen MR) is 87.9 cm³/mol. The SMILES string of the molecule is O=c1ccc2ccc(Oc3nnc(-c4ccccc4)s3)cc2o1. The second-order valence-electron chi connectivity index (χ2n) is 4.80. The maximum absolute atomic E-state index is 11.3. The summed E-state index contributed by atoms with van der Waals surface area (Å²) < 4.78 is 10.9. The van der Waals surface area contributed by atoms with Crippen molar-refractivity contribution >= 4 is 22.3 Å². The molecule has 0 aliphatic rings. The van der Waals surface area contributed by atoms with E-state index >= 15 is 0 Å². The Morgan fingerprint density at radius 2 is 1.78 bits per heavy atom. The van der Waals surface area contributed by atoms with E-state index in [1.165, 1.54) is 17.4 Å². The number of nitrogens with zero attached hydrogens (tertiary/aromatic N) is 2. The number of hydrogen-bond donors (Lipinski definition) is 0. The van der Waals surface area contributed by atoms with Gasteiger partial charge in [0.05, 0.1) is 0 Å². The van der Waals surface area contributed by atoms with Crippen molar-refractivity contribution in [2.24, 2.45) is 0 Å². The van der Waals surface area contributed by atoms with Crippen LogP contribution in [-0.2, 0) is 0 Å². The van der Waals surface area contributed by atoms with E-state index in [1.54, 1.807) is 18.2 Å². The van der Waals surface area contributed by atoms with E-state index in [1.807, 2.05) is 36.4 Å². The molecular formula is C17H10N2O3S. The van der Waals surface area contributed by atoms with Crippen LogP contribution in [0.5, 0.6) is 10.9 Å². The number of aromatic nitrogens is 2. The van der Waals surface area contributed by atoms with Crippen LogP contribution in [0.25, 0.3) is 21.5 Å². The van der Waals surface area contributed by atoms with Crippen molar-refractivity contribution in [3.63, 3.8) is 0 Å². The first-order chi connectivity index (χ1) is 11.3. The van der Waals surface area contributed by atoms with E-state index in [0.717, 1.165) is 16.0 Å². The summed E-state index contributed by atoms with van der Waals surface area (Å²) in [4.78, 5) is 11.3. The lowest BCUT2D eigenvalue weighted by Crippen LogP contribution is -1.94. The molecule has 112 valence electrons. The Bertz CT molecular complexity index is 1020. The van der Waals surface area contributed by atoms with Gasteiger partial charge in [0.25, 0.3) is 5.19 Å². The van der Waals surface area contributed by atoms with E-state index < -0.39 is 5.63 Å². The number of hydrogen-bond acceptors (Lipinski definition) is 6. The highest BCUT2D eigenvalue weighted by atomic mass is 32.1. The summed E-state index contributed by atoms with van der Waals surface area (Å²) in [6.45, 7) is 0. The minimum absolute atomic E-state index is 0.392. The molecule has 4 aromatic rings. The average Bonchev–Trinajstić information content (AvgIpc) is 3.04. The smallest absolute Gasteiger partial charge is 0.336 e. The van der Waals surface area contributed by atoms with Crippen molar-refractivity contribution in [1.82, 2.24) is 10.2 Å². The zero-order valence-electron chi connectivity index (χ0n) is 11.8. The van der Waals surface area contributed by atoms with Gasteiger partial charge >= 0.3 is 5.63 Å². The standard InChI is InChI=1S/C17H10N2O3S/c20-15-9-7-11-6-8-13(10-14(11)22-15)21-17-19-18-16(23-17)12-4-2-1-3-5-12/h1-10H. The average molecular weight is 322 g/mol. The van der Waals surface area contributed by atoms with Gasteiger partial charge in [-0.3, -0.25) is 0 Å². The van der Waals surface area contributed by atoms with Crippen LogP contribution in [0.4, 0.5) is 0 Å². The molecule has 0 N–H and O–H groups in total. The number of benzene rings is 2. The van der Waals surface area contributed by atoms with Gasteiger partial charge in [-0.15, -0.1) is 5.10 Å². The zero-order valence-corrected chi connectivity index (χ0v) is 12.6. The van der Waals surface area contributed by atoms with Gasteiger partial charge in [-0.2, -0.15) is 0 Å². The predicted octanol–water partition coefficient (Wildman–Crippen LogP) is 4.10. The molecule has 23 heavy (non-hydrogen) atoms. The van der Waals surface area contributed by atoms with E-state index in [0.29, 0.717) is 16.5 Å². The quantitative estimate of drug-likeness (QED) is 0.531. The van der Waals surface area contributed by atoms with Crippen molar-refractivity contribution in [1.29, 1.82) is 0 Å². The Labute approximate surface area is 134 Å². The molecule has 0 atom stereocenters. The molecule has 2 aromatic heterocycles. The normalized spacial score (nSPS) is 10.8. The van der Waals surface area contributed by atoms with E-state index in [2.05, 4.69) is 10.2 Å². The lowest BCUT2D eigenvalue weighted by Gasteiger charge is -2.01. The Morgan fingerprint density at radius 3 is 2.65 bits per heavy atom. The second kappa shape index (κ2) is 5.66. The fourth-order valence-electron chi connectivity index (χ4n) is 2.15. The van der Waals surface area contributed by atoms with E-state index in [4.69, 9.17) is 9.15 Å². The second-order valence-corrected chi connectivity index (χ2v) is 5.74. The monoisotopic (exact) mass is 322 g/mol. The van der Waals surface area contributed by atoms with Crippen LogP contribution in [0.1, 0.15) is 0 Å². The summed E-state index contributed by atoms with van der Waals surface area (Å²) >= 11 is 1.35. The number of fused-ring (bicyclic) bond motifs is 1. The molecule has 0 saturated heterocycles. The van der Waals surface area contributed by atoms with Gasteiger partial charge in [0.15, 0.2) is 5.01 Å². The fourth-order valence-corrected chi connectivity index (χ4v) is 2.87. The van der Waals surface area contributed by atoms with Crippen LogP contribution < -0.4 is 10.4 Å². The van der Waals surface area contributed by atoms with E-state index in [9.17, 15) is 4.79 Å². The molecule has 0 radical (unpaired) electrons. The highest BCUT2D eigenvalue weighted by Crippen LogP contribution is 2.31. The van der Waals surface area contributed by atoms with Gasteiger partial charge in [0, 0.05) is 23.1 Å². The summed E-state index contributed by atoms with van der Waals surface area (Å²) in [6.07, 6.45) is 0. The molecule has 6 heteroatoms. The molecule has 0 aliphatic heterocycles. The van der Waals surface area contributed by atoms with Gasteiger partial charge in [-0.1, -0.05) is 46.8 Å². The van der Waals surface area contributed by atoms with Crippen molar-refractivity contribution in [2.75, 3.05) is 0 Å². The van der Waals surface area contributed by atoms with Crippen molar-refractivity contribution in [2.45, 2.75) is 0 Å². The molecular weight excluding hydrogens is 312 g/mol. The molecule has 5 nitrogen and oxygen atoms in total. The molecule has 4 rings (SSSR count). The third-order valence-electron chi connectivity index (χ3n) is 3.23. The van der Waals surface area contributed by atoms with Crippen molar-refractivity contribution < 1.29 is 9.15 Å². The molecule has 0 spiro atoms. The highest BCUT2D eigenvalue weighted by Gasteiger charge is 2.09. The van der Waals surface area contributed by atoms with E-state index in [-0.39, 0.29) is 0 Å². The Hall–Kier alpha value is -2.99. The van der Waals surface area contributed by atoms with Gasteiger partial charge in [0.1, 0.15) is 11.3 Å². The van der Waals surface area contributed by atoms with Crippen LogP contribution in [-0.4, -0.2) is 10.2 Å². The minimum atomic E-state index is -0.392. The van der Waals surface area contributed by atoms with Crippen LogP contribution in [0, 0.1) is 0 Å². The molecule has 2 aromatic carbocycles. The Kier molecular flexibility index (Phi) is 3.36. The van der Waals surface area contributed by atoms with Crippen LogP contribution in [0.15, 0.2) is 69.9 Å². The lowest BCUT2D eigenvalue weighted by molar-refractivity contribution is 0.471. The lowest BCUT2D eigenvalue weighted by atomic mass is 10.2. The molecule has 0 unspecified atom stereocenters. The zero-order chi connectivity index (χ0) is 15.6. The molecule has 0 saturated carbocycles. The summed E-state index contributed by atoms with van der Waals surface area (Å²) in [6, 6.07) is 18.2. The van der Waals surface area contributed by atoms with Crippen LogP contribution >= 0.6 is 11.3 Å². The highest BCUT2D eigenvalue weighted by molar-refractivity contribution is 7.16. The summed E-state index contributed by atoms with van der Waals surface area (Å²) in [7, 11) is 0. The topological polar surface area (TPSA) is 65.2 Å². The summed E-state index contributed by atoms with van der Waals surface area (Å²) in [5, 5.41) is 10.2. The summed E-state index contributed by atoms with van der Waals surface area (Å²) in [5.74, 6) is 0.544. The summed E-state index contributed by atoms with van der Waals surface area (Å²) in [5.41, 5.74) is 1.07. The number of rotatable bonds is 3. The van der Waals surface area contributed by atoms with Crippen molar-refractivity contribution in [3.05, 3.63) is 71.1 Å².